The standard InChI is InChI=1S/C34H49N3O5/c1-22-13-12-14-23(2)28(22)29(30(39)35-25-15-10-9-11-16-25)37(33(3,4)5)31(40)27(36-32(41)42-34(6,7)8)21-24-17-19-26(38)20-18-24/h12-14,17-20,25,27,29,38H,9-11,15-16,21H2,1-8H3,(H,35,39)(H,36,41). The Hall–Kier alpha value is -3.55. The zero-order valence-electron chi connectivity index (χ0n) is 26.5. The number of nitrogens with one attached hydrogen (secondary N) is 2. The fourth-order valence-electron chi connectivity index (χ4n) is 5.69. The Morgan fingerprint density at radius 1 is 0.929 bits per heavy atom. The number of carbonyl (C=O) groups is 3. The summed E-state index contributed by atoms with van der Waals surface area (Å²) in [4.78, 5) is 43.7. The molecule has 1 aliphatic carbocycles. The molecule has 2 atom stereocenters. The molecule has 3 rings (SSSR count). The molecule has 3 amide bonds. The maximum absolute atomic E-state index is 14.7. The number of phenolic OH excluding ortho intramolecular Hbond substituents is 1. The summed E-state index contributed by atoms with van der Waals surface area (Å²) < 4.78 is 5.53. The van der Waals surface area contributed by atoms with Crippen LogP contribution < -0.4 is 10.6 Å². The van der Waals surface area contributed by atoms with Gasteiger partial charge in [0.05, 0.1) is 0 Å². The van der Waals surface area contributed by atoms with Crippen LogP contribution in [-0.4, -0.2) is 51.1 Å². The number of rotatable bonds is 8. The van der Waals surface area contributed by atoms with Crippen LogP contribution in [0.5, 0.6) is 5.75 Å². The lowest BCUT2D eigenvalue weighted by molar-refractivity contribution is -0.148. The minimum atomic E-state index is -1.03. The van der Waals surface area contributed by atoms with E-state index in [0.29, 0.717) is 0 Å². The highest BCUT2D eigenvalue weighted by atomic mass is 16.6. The van der Waals surface area contributed by atoms with Gasteiger partial charge in [-0.05, 0) is 103 Å². The summed E-state index contributed by atoms with van der Waals surface area (Å²) in [6.45, 7) is 14.9. The van der Waals surface area contributed by atoms with Crippen molar-refractivity contribution in [2.75, 3.05) is 0 Å². The summed E-state index contributed by atoms with van der Waals surface area (Å²) in [5, 5.41) is 15.9. The molecule has 42 heavy (non-hydrogen) atoms. The number of hydrogen-bond donors (Lipinski definition) is 3. The zero-order valence-corrected chi connectivity index (χ0v) is 26.5. The molecule has 0 spiro atoms. The lowest BCUT2D eigenvalue weighted by Crippen LogP contribution is -2.59. The summed E-state index contributed by atoms with van der Waals surface area (Å²) in [6.07, 6.45) is 4.55. The molecule has 0 aromatic heterocycles. The molecule has 8 heteroatoms. The van der Waals surface area contributed by atoms with E-state index in [-0.39, 0.29) is 24.1 Å². The molecule has 2 aromatic carbocycles. The number of aromatic hydroxyl groups is 1. The highest BCUT2D eigenvalue weighted by Crippen LogP contribution is 2.34. The van der Waals surface area contributed by atoms with Gasteiger partial charge in [0.2, 0.25) is 11.8 Å². The van der Waals surface area contributed by atoms with Gasteiger partial charge in [-0.1, -0.05) is 49.6 Å². The van der Waals surface area contributed by atoms with E-state index in [2.05, 4.69) is 10.6 Å². The topological polar surface area (TPSA) is 108 Å². The quantitative estimate of drug-likeness (QED) is 0.342. The van der Waals surface area contributed by atoms with Gasteiger partial charge >= 0.3 is 6.09 Å². The number of ether oxygens (including phenoxy) is 1. The molecule has 230 valence electrons. The smallest absolute Gasteiger partial charge is 0.408 e. The van der Waals surface area contributed by atoms with Crippen molar-refractivity contribution in [3.05, 3.63) is 64.7 Å². The molecule has 0 radical (unpaired) electrons. The van der Waals surface area contributed by atoms with Crippen LogP contribution >= 0.6 is 0 Å². The van der Waals surface area contributed by atoms with E-state index in [4.69, 9.17) is 4.74 Å². The van der Waals surface area contributed by atoms with Gasteiger partial charge in [-0.15, -0.1) is 0 Å². The third-order valence-electron chi connectivity index (χ3n) is 7.60. The van der Waals surface area contributed by atoms with E-state index >= 15 is 0 Å². The first-order valence-corrected chi connectivity index (χ1v) is 15.0. The van der Waals surface area contributed by atoms with Gasteiger partial charge in [-0.3, -0.25) is 9.59 Å². The highest BCUT2D eigenvalue weighted by molar-refractivity contribution is 5.93. The van der Waals surface area contributed by atoms with Crippen LogP contribution in [0.1, 0.15) is 102 Å². The van der Waals surface area contributed by atoms with E-state index in [1.54, 1.807) is 49.9 Å². The largest absolute Gasteiger partial charge is 0.508 e. The minimum Gasteiger partial charge on any atom is -0.508 e. The molecule has 1 fully saturated rings. The maximum atomic E-state index is 14.7. The van der Waals surface area contributed by atoms with Crippen LogP contribution in [0.2, 0.25) is 0 Å². The van der Waals surface area contributed by atoms with Crippen LogP contribution in [0.25, 0.3) is 0 Å². The molecule has 0 aliphatic heterocycles. The first kappa shape index (κ1) is 33.0. The Labute approximate surface area is 251 Å². The first-order valence-electron chi connectivity index (χ1n) is 15.0. The summed E-state index contributed by atoms with van der Waals surface area (Å²) in [5.74, 6) is -0.511. The van der Waals surface area contributed by atoms with Crippen molar-refractivity contribution < 1.29 is 24.2 Å². The Bertz CT molecular complexity index is 1220. The van der Waals surface area contributed by atoms with E-state index in [0.717, 1.165) is 54.4 Å². The van der Waals surface area contributed by atoms with Crippen molar-refractivity contribution in [2.45, 2.75) is 123 Å². The predicted octanol–water partition coefficient (Wildman–Crippen LogP) is 6.26. The van der Waals surface area contributed by atoms with Crippen molar-refractivity contribution >= 4 is 17.9 Å². The second-order valence-corrected chi connectivity index (χ2v) is 13.5. The second-order valence-electron chi connectivity index (χ2n) is 13.5. The lowest BCUT2D eigenvalue weighted by atomic mass is 9.89. The third-order valence-corrected chi connectivity index (χ3v) is 7.60. The Morgan fingerprint density at radius 2 is 1.50 bits per heavy atom. The highest BCUT2D eigenvalue weighted by Gasteiger charge is 2.43. The molecule has 1 saturated carbocycles. The number of nitrogens with zero attached hydrogens (tertiary/aromatic N) is 1. The number of phenols is 1. The van der Waals surface area contributed by atoms with Crippen molar-refractivity contribution in [3.8, 4) is 5.75 Å². The molecule has 2 aromatic rings. The van der Waals surface area contributed by atoms with Gasteiger partial charge in [0.25, 0.3) is 0 Å². The molecule has 3 N–H and O–H groups in total. The van der Waals surface area contributed by atoms with Crippen molar-refractivity contribution in [1.29, 1.82) is 0 Å². The number of aryl methyl sites for hydroxylation is 2. The SMILES string of the molecule is Cc1cccc(C)c1C(C(=O)NC1CCCCC1)N(C(=O)C(Cc1ccc(O)cc1)NC(=O)OC(C)(C)C)C(C)(C)C. The average Bonchev–Trinajstić information content (AvgIpc) is 2.87. The molecule has 1 aliphatic rings. The maximum Gasteiger partial charge on any atom is 0.408 e. The minimum absolute atomic E-state index is 0.0580. The van der Waals surface area contributed by atoms with Crippen LogP contribution in [0.3, 0.4) is 0 Å². The van der Waals surface area contributed by atoms with Crippen LogP contribution in [0.15, 0.2) is 42.5 Å². The molecule has 0 saturated heterocycles. The van der Waals surface area contributed by atoms with Crippen molar-refractivity contribution in [3.63, 3.8) is 0 Å². The zero-order chi connectivity index (χ0) is 31.2. The monoisotopic (exact) mass is 579 g/mol. The first-order chi connectivity index (χ1) is 19.6. The Balaban J connectivity index is 2.10. The normalized spacial score (nSPS) is 15.8. The Morgan fingerprint density at radius 3 is 2.02 bits per heavy atom. The van der Waals surface area contributed by atoms with Crippen molar-refractivity contribution in [1.82, 2.24) is 15.5 Å². The molecular formula is C34H49N3O5. The second kappa shape index (κ2) is 13.6. The average molecular weight is 580 g/mol. The molecular weight excluding hydrogens is 530 g/mol. The predicted molar refractivity (Wildman–Crippen MR) is 165 cm³/mol. The fourth-order valence-corrected chi connectivity index (χ4v) is 5.69. The fraction of sp³-hybridized carbons (Fsp3) is 0.559. The molecule has 8 nitrogen and oxygen atoms in total. The van der Waals surface area contributed by atoms with Crippen LogP contribution in [0, 0.1) is 13.8 Å². The molecule has 0 heterocycles. The molecule has 2 unspecified atom stereocenters. The summed E-state index contributed by atoms with van der Waals surface area (Å²) in [7, 11) is 0. The van der Waals surface area contributed by atoms with Gasteiger partial charge in [-0.2, -0.15) is 0 Å². The number of carbonyl (C=O) groups excluding carboxylic acids is 3. The van der Waals surface area contributed by atoms with Crippen LogP contribution in [-0.2, 0) is 20.7 Å². The third kappa shape index (κ3) is 8.97. The van der Waals surface area contributed by atoms with Gasteiger partial charge < -0.3 is 25.4 Å². The van der Waals surface area contributed by atoms with E-state index in [9.17, 15) is 19.5 Å². The van der Waals surface area contributed by atoms with Gasteiger partial charge in [-0.25, -0.2) is 4.79 Å². The van der Waals surface area contributed by atoms with Gasteiger partial charge in [0, 0.05) is 18.0 Å². The van der Waals surface area contributed by atoms with Crippen LogP contribution in [0.4, 0.5) is 4.79 Å². The van der Waals surface area contributed by atoms with E-state index < -0.39 is 35.2 Å². The Kier molecular flexibility index (Phi) is 10.7. The summed E-state index contributed by atoms with van der Waals surface area (Å²) >= 11 is 0. The molecule has 0 bridgehead atoms. The van der Waals surface area contributed by atoms with E-state index in [1.165, 1.54) is 0 Å². The van der Waals surface area contributed by atoms with Crippen molar-refractivity contribution in [2.24, 2.45) is 0 Å². The number of hydrogen-bond acceptors (Lipinski definition) is 5. The summed E-state index contributed by atoms with van der Waals surface area (Å²) in [5.41, 5.74) is 1.80. The van der Waals surface area contributed by atoms with E-state index in [1.807, 2.05) is 52.8 Å². The number of alkyl carbamates (subject to hydrolysis) is 1. The summed E-state index contributed by atoms with van der Waals surface area (Å²) in [6, 6.07) is 10.5. The number of benzene rings is 2. The van der Waals surface area contributed by atoms with Gasteiger partial charge in [0.1, 0.15) is 23.4 Å². The number of amides is 3. The lowest BCUT2D eigenvalue weighted by Gasteiger charge is -2.44. The van der Waals surface area contributed by atoms with Gasteiger partial charge in [0.15, 0.2) is 0 Å².